The van der Waals surface area contributed by atoms with E-state index in [-0.39, 0.29) is 10.8 Å². The Hall–Kier alpha value is -1.40. The first-order chi connectivity index (χ1) is 8.88. The van der Waals surface area contributed by atoms with Gasteiger partial charge in [0.1, 0.15) is 11.0 Å². The van der Waals surface area contributed by atoms with E-state index in [2.05, 4.69) is 16.8 Å². The number of aromatic nitrogens is 1. The number of nitrogens with zero attached hydrogens (tertiary/aromatic N) is 4. The van der Waals surface area contributed by atoms with Gasteiger partial charge in [-0.15, -0.1) is 0 Å². The Morgan fingerprint density at radius 3 is 2.68 bits per heavy atom. The van der Waals surface area contributed by atoms with Gasteiger partial charge in [0.2, 0.25) is 0 Å². The molecule has 0 aliphatic carbocycles. The lowest BCUT2D eigenvalue weighted by atomic mass is 10.1. The second-order valence-electron chi connectivity index (χ2n) is 5.18. The molecule has 2 atom stereocenters. The van der Waals surface area contributed by atoms with Crippen LogP contribution >= 0.6 is 11.6 Å². The van der Waals surface area contributed by atoms with Crippen molar-refractivity contribution in [2.24, 2.45) is 5.92 Å². The molecule has 1 aliphatic rings. The second-order valence-corrected chi connectivity index (χ2v) is 5.56. The molecule has 104 valence electrons. The summed E-state index contributed by atoms with van der Waals surface area (Å²) in [5.74, 6) is 1.06. The summed E-state index contributed by atoms with van der Waals surface area (Å²) < 4.78 is 0. The standard InChI is InChI=1S/C12H17ClN4O2/c1-8-6-16(7-10(8)15(2)3)12-5-9(17(18)19)4-11(13)14-12/h4-5,8,10H,6-7H2,1-3H3. The number of halogens is 1. The number of anilines is 1. The van der Waals surface area contributed by atoms with E-state index >= 15 is 0 Å². The number of likely N-dealkylation sites (N-methyl/N-ethyl adjacent to an activating group) is 1. The van der Waals surface area contributed by atoms with Crippen molar-refractivity contribution in [1.82, 2.24) is 9.88 Å². The van der Waals surface area contributed by atoms with Crippen LogP contribution < -0.4 is 4.90 Å². The van der Waals surface area contributed by atoms with Crippen LogP contribution in [0.5, 0.6) is 0 Å². The maximum absolute atomic E-state index is 10.8. The molecule has 2 heterocycles. The Balaban J connectivity index is 2.26. The van der Waals surface area contributed by atoms with E-state index in [9.17, 15) is 10.1 Å². The maximum Gasteiger partial charge on any atom is 0.276 e. The predicted octanol–water partition coefficient (Wildman–Crippen LogP) is 2.03. The average molecular weight is 285 g/mol. The van der Waals surface area contributed by atoms with Crippen molar-refractivity contribution in [2.75, 3.05) is 32.1 Å². The topological polar surface area (TPSA) is 62.5 Å². The van der Waals surface area contributed by atoms with Gasteiger partial charge in [-0.1, -0.05) is 18.5 Å². The highest BCUT2D eigenvalue weighted by Gasteiger charge is 2.32. The molecular weight excluding hydrogens is 268 g/mol. The van der Waals surface area contributed by atoms with Crippen molar-refractivity contribution >= 4 is 23.1 Å². The molecule has 0 aromatic carbocycles. The molecule has 2 unspecified atom stereocenters. The molecule has 0 amide bonds. The Morgan fingerprint density at radius 2 is 2.16 bits per heavy atom. The molecule has 1 saturated heterocycles. The fraction of sp³-hybridized carbons (Fsp3) is 0.583. The van der Waals surface area contributed by atoms with E-state index < -0.39 is 4.92 Å². The molecule has 0 bridgehead atoms. The first kappa shape index (κ1) is 14.0. The highest BCUT2D eigenvalue weighted by molar-refractivity contribution is 6.29. The van der Waals surface area contributed by atoms with Crippen LogP contribution in [0.4, 0.5) is 11.5 Å². The van der Waals surface area contributed by atoms with Gasteiger partial charge in [0.15, 0.2) is 0 Å². The molecule has 7 heteroatoms. The maximum atomic E-state index is 10.8. The van der Waals surface area contributed by atoms with Crippen molar-refractivity contribution in [1.29, 1.82) is 0 Å². The SMILES string of the molecule is CC1CN(c2cc([N+](=O)[O-])cc(Cl)n2)CC1N(C)C. The molecule has 6 nitrogen and oxygen atoms in total. The monoisotopic (exact) mass is 284 g/mol. The summed E-state index contributed by atoms with van der Waals surface area (Å²) in [7, 11) is 4.08. The summed E-state index contributed by atoms with van der Waals surface area (Å²) in [5, 5.41) is 11.0. The van der Waals surface area contributed by atoms with Crippen LogP contribution in [0.15, 0.2) is 12.1 Å². The molecule has 1 aromatic heterocycles. The van der Waals surface area contributed by atoms with Gasteiger partial charge >= 0.3 is 0 Å². The number of hydrogen-bond acceptors (Lipinski definition) is 5. The van der Waals surface area contributed by atoms with E-state index in [0.717, 1.165) is 13.1 Å². The van der Waals surface area contributed by atoms with Crippen LogP contribution in [0.2, 0.25) is 5.15 Å². The van der Waals surface area contributed by atoms with Gasteiger partial charge in [-0.05, 0) is 20.0 Å². The summed E-state index contributed by atoms with van der Waals surface area (Å²) >= 11 is 5.86. The third-order valence-electron chi connectivity index (χ3n) is 3.54. The zero-order chi connectivity index (χ0) is 14.2. The minimum atomic E-state index is -0.444. The van der Waals surface area contributed by atoms with Gasteiger partial charge in [0, 0.05) is 19.1 Å². The fourth-order valence-electron chi connectivity index (χ4n) is 2.55. The van der Waals surface area contributed by atoms with Gasteiger partial charge in [0.25, 0.3) is 5.69 Å². The normalized spacial score (nSPS) is 23.1. The van der Waals surface area contributed by atoms with Crippen molar-refractivity contribution in [3.63, 3.8) is 0 Å². The lowest BCUT2D eigenvalue weighted by Crippen LogP contribution is -2.34. The first-order valence-electron chi connectivity index (χ1n) is 6.12. The Bertz CT molecular complexity index is 495. The lowest BCUT2D eigenvalue weighted by Gasteiger charge is -2.22. The molecule has 0 N–H and O–H groups in total. The van der Waals surface area contributed by atoms with E-state index in [1.807, 2.05) is 19.0 Å². The summed E-state index contributed by atoms with van der Waals surface area (Å²) in [4.78, 5) is 18.8. The molecule has 19 heavy (non-hydrogen) atoms. The minimum Gasteiger partial charge on any atom is -0.354 e. The largest absolute Gasteiger partial charge is 0.354 e. The van der Waals surface area contributed by atoms with Gasteiger partial charge in [-0.3, -0.25) is 10.1 Å². The van der Waals surface area contributed by atoms with Crippen LogP contribution in [0.25, 0.3) is 0 Å². The molecular formula is C12H17ClN4O2. The van der Waals surface area contributed by atoms with Gasteiger partial charge < -0.3 is 9.80 Å². The summed E-state index contributed by atoms with van der Waals surface area (Å²) in [6.07, 6.45) is 0. The molecule has 1 fully saturated rings. The first-order valence-corrected chi connectivity index (χ1v) is 6.49. The third-order valence-corrected chi connectivity index (χ3v) is 3.73. The molecule has 0 radical (unpaired) electrons. The lowest BCUT2D eigenvalue weighted by molar-refractivity contribution is -0.384. The summed E-state index contributed by atoms with van der Waals surface area (Å²) in [6.45, 7) is 3.80. The molecule has 2 rings (SSSR count). The molecule has 1 aromatic rings. The van der Waals surface area contributed by atoms with E-state index in [0.29, 0.717) is 17.8 Å². The zero-order valence-electron chi connectivity index (χ0n) is 11.2. The van der Waals surface area contributed by atoms with Crippen molar-refractivity contribution in [3.8, 4) is 0 Å². The molecule has 0 saturated carbocycles. The second kappa shape index (κ2) is 5.30. The van der Waals surface area contributed by atoms with Crippen LogP contribution in [0.1, 0.15) is 6.92 Å². The highest BCUT2D eigenvalue weighted by atomic mass is 35.5. The third kappa shape index (κ3) is 2.96. The smallest absolute Gasteiger partial charge is 0.276 e. The Morgan fingerprint density at radius 1 is 1.47 bits per heavy atom. The zero-order valence-corrected chi connectivity index (χ0v) is 12.0. The predicted molar refractivity (Wildman–Crippen MR) is 74.8 cm³/mol. The van der Waals surface area contributed by atoms with Crippen molar-refractivity contribution in [2.45, 2.75) is 13.0 Å². The summed E-state index contributed by atoms with van der Waals surface area (Å²) in [6, 6.07) is 3.17. The Labute approximate surface area is 117 Å². The Kier molecular flexibility index (Phi) is 3.91. The van der Waals surface area contributed by atoms with Crippen LogP contribution in [0.3, 0.4) is 0 Å². The minimum absolute atomic E-state index is 0.0176. The molecule has 1 aliphatic heterocycles. The quantitative estimate of drug-likeness (QED) is 0.483. The van der Waals surface area contributed by atoms with Crippen molar-refractivity contribution < 1.29 is 4.92 Å². The summed E-state index contributed by atoms with van der Waals surface area (Å²) in [5.41, 5.74) is -0.0176. The highest BCUT2D eigenvalue weighted by Crippen LogP contribution is 2.28. The van der Waals surface area contributed by atoms with Crippen LogP contribution in [-0.4, -0.2) is 48.0 Å². The average Bonchev–Trinajstić information content (AvgIpc) is 2.70. The van der Waals surface area contributed by atoms with Gasteiger partial charge in [-0.25, -0.2) is 4.98 Å². The number of pyridine rings is 1. The van der Waals surface area contributed by atoms with Crippen molar-refractivity contribution in [3.05, 3.63) is 27.4 Å². The van der Waals surface area contributed by atoms with Crippen LogP contribution in [0, 0.1) is 16.0 Å². The van der Waals surface area contributed by atoms with E-state index in [1.165, 1.54) is 12.1 Å². The molecule has 0 spiro atoms. The van der Waals surface area contributed by atoms with Crippen LogP contribution in [-0.2, 0) is 0 Å². The van der Waals surface area contributed by atoms with E-state index in [1.54, 1.807) is 0 Å². The van der Waals surface area contributed by atoms with Gasteiger partial charge in [-0.2, -0.15) is 0 Å². The van der Waals surface area contributed by atoms with Gasteiger partial charge in [0.05, 0.1) is 17.1 Å². The number of hydrogen-bond donors (Lipinski definition) is 0. The van der Waals surface area contributed by atoms with E-state index in [4.69, 9.17) is 11.6 Å². The number of nitro groups is 1. The number of rotatable bonds is 3. The fourth-order valence-corrected chi connectivity index (χ4v) is 2.74.